The first-order valence-electron chi connectivity index (χ1n) is 17.3. The number of para-hydroxylation sites is 1. The van der Waals surface area contributed by atoms with Gasteiger partial charge in [0.25, 0.3) is 0 Å². The van der Waals surface area contributed by atoms with Gasteiger partial charge in [-0.1, -0.05) is 97.1 Å². The highest BCUT2D eigenvalue weighted by molar-refractivity contribution is 7.25. The maximum Gasteiger partial charge on any atom is 0.143 e. The molecule has 0 aliphatic heterocycles. The molecular weight excluding hydrogens is 641 g/mol. The van der Waals surface area contributed by atoms with Crippen LogP contribution in [0.15, 0.2) is 167 Å². The average molecular weight is 667 g/mol. The van der Waals surface area contributed by atoms with Crippen LogP contribution >= 0.6 is 11.3 Å². The Morgan fingerprint density at radius 1 is 0.294 bits per heavy atom. The van der Waals surface area contributed by atoms with Gasteiger partial charge in [-0.05, 0) is 104 Å². The van der Waals surface area contributed by atoms with Crippen LogP contribution in [0.1, 0.15) is 0 Å². The number of benzene rings is 9. The van der Waals surface area contributed by atoms with E-state index in [0.29, 0.717) is 0 Å². The van der Waals surface area contributed by atoms with Gasteiger partial charge in [0, 0.05) is 52.5 Å². The number of hydrogen-bond acceptors (Lipinski definition) is 3. The van der Waals surface area contributed by atoms with Crippen LogP contribution in [0.3, 0.4) is 0 Å². The molecule has 12 aromatic rings. The Balaban J connectivity index is 1.10. The minimum Gasteiger partial charge on any atom is -0.455 e. The molecule has 51 heavy (non-hydrogen) atoms. The summed E-state index contributed by atoms with van der Waals surface area (Å²) in [6.45, 7) is 0. The number of rotatable bonds is 2. The number of furan rings is 2. The Bertz CT molecular complexity index is 3370. The lowest BCUT2D eigenvalue weighted by molar-refractivity contribution is 0.669. The summed E-state index contributed by atoms with van der Waals surface area (Å²) in [6.07, 6.45) is 0. The fraction of sp³-hybridized carbons (Fsp3) is 0. The molecule has 0 saturated carbocycles. The van der Waals surface area contributed by atoms with Gasteiger partial charge < -0.3 is 8.83 Å². The lowest BCUT2D eigenvalue weighted by atomic mass is 9.85. The van der Waals surface area contributed by atoms with E-state index < -0.39 is 0 Å². The van der Waals surface area contributed by atoms with Gasteiger partial charge in [-0.25, -0.2) is 0 Å². The van der Waals surface area contributed by atoms with Crippen LogP contribution in [0.4, 0.5) is 0 Å². The van der Waals surface area contributed by atoms with Crippen molar-refractivity contribution in [3.05, 3.63) is 158 Å². The van der Waals surface area contributed by atoms with Gasteiger partial charge >= 0.3 is 0 Å². The van der Waals surface area contributed by atoms with Crippen LogP contribution in [-0.4, -0.2) is 0 Å². The lowest BCUT2D eigenvalue weighted by Gasteiger charge is -2.18. The molecule has 0 fully saturated rings. The quantitative estimate of drug-likeness (QED) is 0.172. The lowest BCUT2D eigenvalue weighted by Crippen LogP contribution is -1.90. The number of thiophene rings is 1. The Kier molecular flexibility index (Phi) is 5.41. The fourth-order valence-electron chi connectivity index (χ4n) is 8.61. The van der Waals surface area contributed by atoms with E-state index in [1.165, 1.54) is 64.0 Å². The number of hydrogen-bond donors (Lipinski definition) is 0. The fourth-order valence-corrected chi connectivity index (χ4v) is 9.70. The zero-order chi connectivity index (χ0) is 33.2. The highest BCUT2D eigenvalue weighted by Gasteiger charge is 2.20. The van der Waals surface area contributed by atoms with Crippen molar-refractivity contribution in [2.75, 3.05) is 0 Å². The Labute approximate surface area is 295 Å². The molecule has 0 unspecified atom stereocenters. The summed E-state index contributed by atoms with van der Waals surface area (Å²) in [5.41, 5.74) is 8.52. The van der Waals surface area contributed by atoms with Gasteiger partial charge in [-0.3, -0.25) is 0 Å². The van der Waals surface area contributed by atoms with Crippen molar-refractivity contribution in [3.8, 4) is 22.3 Å². The first-order valence-corrected chi connectivity index (χ1v) is 18.1. The Hall–Kier alpha value is -6.42. The highest BCUT2D eigenvalue weighted by atomic mass is 32.1. The minimum absolute atomic E-state index is 0.882. The number of fused-ring (bicyclic) bond motifs is 14. The van der Waals surface area contributed by atoms with E-state index in [0.717, 1.165) is 54.6 Å². The monoisotopic (exact) mass is 666 g/mol. The maximum absolute atomic E-state index is 6.65. The molecule has 0 aliphatic carbocycles. The molecule has 0 saturated heterocycles. The van der Waals surface area contributed by atoms with Crippen molar-refractivity contribution in [2.45, 2.75) is 0 Å². The molecule has 3 aromatic heterocycles. The molecule has 2 nitrogen and oxygen atoms in total. The van der Waals surface area contributed by atoms with Crippen molar-refractivity contribution < 1.29 is 8.83 Å². The molecular formula is C48H26O2S. The molecule has 3 heterocycles. The second-order valence-corrected chi connectivity index (χ2v) is 14.6. The molecule has 12 rings (SSSR count). The van der Waals surface area contributed by atoms with Crippen molar-refractivity contribution in [2.24, 2.45) is 0 Å². The largest absolute Gasteiger partial charge is 0.455 e. The van der Waals surface area contributed by atoms with Crippen molar-refractivity contribution >= 4 is 108 Å². The normalized spacial score (nSPS) is 12.3. The molecule has 0 aliphatic rings. The minimum atomic E-state index is 0.882. The van der Waals surface area contributed by atoms with Crippen LogP contribution in [0.25, 0.3) is 119 Å². The maximum atomic E-state index is 6.65. The van der Waals surface area contributed by atoms with Crippen LogP contribution in [-0.2, 0) is 0 Å². The summed E-state index contributed by atoms with van der Waals surface area (Å²) in [5, 5.41) is 14.2. The smallest absolute Gasteiger partial charge is 0.143 e. The molecule has 0 N–H and O–H groups in total. The summed E-state index contributed by atoms with van der Waals surface area (Å²) >= 11 is 1.86. The first-order chi connectivity index (χ1) is 25.3. The average Bonchev–Trinajstić information content (AvgIpc) is 3.88. The summed E-state index contributed by atoms with van der Waals surface area (Å²) < 4.78 is 15.7. The predicted molar refractivity (Wildman–Crippen MR) is 217 cm³/mol. The summed E-state index contributed by atoms with van der Waals surface area (Å²) in [5.74, 6) is 0. The molecule has 0 bridgehead atoms. The molecule has 236 valence electrons. The van der Waals surface area contributed by atoms with E-state index in [-0.39, 0.29) is 0 Å². The van der Waals surface area contributed by atoms with E-state index in [9.17, 15) is 0 Å². The second-order valence-electron chi connectivity index (χ2n) is 13.5. The summed E-state index contributed by atoms with van der Waals surface area (Å²) in [4.78, 5) is 0. The SMILES string of the molecule is c1ccc2c(c1)oc1c2ccc2c1ccc1c3cc(-c4c5ccccc5c(-c5ccc6sc7ccccc7c6c5)c5ccccc45)ccc3oc12. The van der Waals surface area contributed by atoms with Gasteiger partial charge in [0.05, 0.1) is 0 Å². The molecule has 0 atom stereocenters. The third-order valence-corrected chi connectivity index (χ3v) is 12.0. The van der Waals surface area contributed by atoms with Crippen LogP contribution in [0.2, 0.25) is 0 Å². The van der Waals surface area contributed by atoms with E-state index in [2.05, 4.69) is 146 Å². The zero-order valence-corrected chi connectivity index (χ0v) is 28.1. The van der Waals surface area contributed by atoms with Gasteiger partial charge in [-0.2, -0.15) is 0 Å². The van der Waals surface area contributed by atoms with E-state index in [4.69, 9.17) is 8.83 Å². The van der Waals surface area contributed by atoms with Gasteiger partial charge in [0.2, 0.25) is 0 Å². The first kappa shape index (κ1) is 27.4. The zero-order valence-electron chi connectivity index (χ0n) is 27.2. The van der Waals surface area contributed by atoms with E-state index in [1.807, 2.05) is 23.5 Å². The van der Waals surface area contributed by atoms with Crippen LogP contribution in [0, 0.1) is 0 Å². The second kappa shape index (κ2) is 10.1. The summed E-state index contributed by atoms with van der Waals surface area (Å²) in [6, 6.07) is 57.2. The van der Waals surface area contributed by atoms with Gasteiger partial charge in [-0.15, -0.1) is 11.3 Å². The third-order valence-electron chi connectivity index (χ3n) is 10.9. The summed E-state index contributed by atoms with van der Waals surface area (Å²) in [7, 11) is 0. The van der Waals surface area contributed by atoms with Crippen molar-refractivity contribution in [1.82, 2.24) is 0 Å². The molecule has 3 heteroatoms. The Morgan fingerprint density at radius 2 is 0.725 bits per heavy atom. The van der Waals surface area contributed by atoms with Crippen molar-refractivity contribution in [3.63, 3.8) is 0 Å². The predicted octanol–water partition coefficient (Wildman–Crippen LogP) is 14.6. The molecule has 0 amide bonds. The van der Waals surface area contributed by atoms with Crippen molar-refractivity contribution in [1.29, 1.82) is 0 Å². The Morgan fingerprint density at radius 3 is 1.35 bits per heavy atom. The van der Waals surface area contributed by atoms with Gasteiger partial charge in [0.15, 0.2) is 0 Å². The standard InChI is InChI=1S/C48H26O2S/c1-3-13-33-31(11-1)45(32-12-2-4-14-34(32)46(33)28-18-24-44-40(26-28)30-10-6-8-16-43(30)51-44)27-17-23-42-39(25-27)38-22-21-36-37(48(38)50-42)20-19-35-29-9-5-7-15-41(29)49-47(35)36/h1-26H. The van der Waals surface area contributed by atoms with E-state index >= 15 is 0 Å². The third kappa shape index (κ3) is 3.76. The topological polar surface area (TPSA) is 26.3 Å². The van der Waals surface area contributed by atoms with Crippen LogP contribution in [0.5, 0.6) is 0 Å². The van der Waals surface area contributed by atoms with E-state index in [1.54, 1.807) is 0 Å². The van der Waals surface area contributed by atoms with Crippen LogP contribution < -0.4 is 0 Å². The molecule has 0 spiro atoms. The molecule has 9 aromatic carbocycles. The molecule has 0 radical (unpaired) electrons. The van der Waals surface area contributed by atoms with Gasteiger partial charge in [0.1, 0.15) is 22.3 Å². The highest BCUT2D eigenvalue weighted by Crippen LogP contribution is 2.47.